The number of benzene rings is 2. The van der Waals surface area contributed by atoms with Crippen LogP contribution in [0.15, 0.2) is 41.3 Å². The number of carbonyl (C=O) groups excluding carboxylic acids is 2. The Morgan fingerprint density at radius 1 is 1.16 bits per heavy atom. The van der Waals surface area contributed by atoms with Crippen molar-refractivity contribution < 1.29 is 18.0 Å². The summed E-state index contributed by atoms with van der Waals surface area (Å²) >= 11 is 5.92. The smallest absolute Gasteiger partial charge is 0.230 e. The number of sulfone groups is 1. The van der Waals surface area contributed by atoms with Gasteiger partial charge in [-0.25, -0.2) is 8.42 Å². The number of carbonyl (C=O) groups is 2. The van der Waals surface area contributed by atoms with Crippen LogP contribution in [0.3, 0.4) is 0 Å². The third-order valence-electron chi connectivity index (χ3n) is 5.85. The summed E-state index contributed by atoms with van der Waals surface area (Å²) in [4.78, 5) is 26.9. The Bertz CT molecular complexity index is 1160. The lowest BCUT2D eigenvalue weighted by molar-refractivity contribution is -0.120. The molecule has 1 atom stereocenters. The van der Waals surface area contributed by atoms with Crippen LogP contribution in [0.2, 0.25) is 5.02 Å². The Labute approximate surface area is 187 Å². The third-order valence-corrected chi connectivity index (χ3v) is 7.80. The Morgan fingerprint density at radius 3 is 2.58 bits per heavy atom. The first-order valence-electron chi connectivity index (χ1n) is 10.4. The van der Waals surface area contributed by atoms with E-state index in [1.807, 2.05) is 18.7 Å². The molecule has 2 aliphatic rings. The lowest BCUT2D eigenvalue weighted by atomic mass is 10.1. The van der Waals surface area contributed by atoms with Crippen LogP contribution in [0.1, 0.15) is 37.3 Å². The molecule has 2 amide bonds. The molecule has 1 aliphatic heterocycles. The second kappa shape index (κ2) is 8.28. The molecule has 31 heavy (non-hydrogen) atoms. The molecule has 6 nitrogen and oxygen atoms in total. The molecule has 1 aliphatic carbocycles. The number of hydrogen-bond acceptors (Lipinski definition) is 4. The van der Waals surface area contributed by atoms with Gasteiger partial charge in [0.1, 0.15) is 0 Å². The van der Waals surface area contributed by atoms with Crippen LogP contribution in [0, 0.1) is 12.8 Å². The van der Waals surface area contributed by atoms with E-state index in [0.29, 0.717) is 17.1 Å². The molecule has 0 radical (unpaired) electrons. The number of halogens is 1. The first-order valence-corrected chi connectivity index (χ1v) is 12.4. The number of aryl methyl sites for hydroxylation is 1. The molecule has 0 unspecified atom stereocenters. The summed E-state index contributed by atoms with van der Waals surface area (Å²) < 4.78 is 25.7. The van der Waals surface area contributed by atoms with Crippen molar-refractivity contribution in [1.82, 2.24) is 0 Å². The standard InChI is InChI=1S/C23H25ClN2O4S/c1-14-11-18(24)5-7-20(14)25-22(27)9-10-31(29,30)19-6-8-21-17(13-19)12-15(2)26(21)23(28)16-3-4-16/h5-8,11,13,15-16H,3-4,9-10,12H2,1-2H3,(H,25,27)/t15-/m0/s1. The van der Waals surface area contributed by atoms with Crippen molar-refractivity contribution in [3.8, 4) is 0 Å². The fourth-order valence-corrected chi connectivity index (χ4v) is 5.50. The summed E-state index contributed by atoms with van der Waals surface area (Å²) in [5, 5.41) is 3.31. The Kier molecular flexibility index (Phi) is 5.83. The molecule has 0 bridgehead atoms. The summed E-state index contributed by atoms with van der Waals surface area (Å²) in [5.41, 5.74) is 3.09. The first kappa shape index (κ1) is 21.8. The molecule has 164 valence electrons. The third kappa shape index (κ3) is 4.62. The Balaban J connectivity index is 1.44. The Morgan fingerprint density at radius 2 is 1.90 bits per heavy atom. The number of nitrogens with one attached hydrogen (secondary N) is 1. The summed E-state index contributed by atoms with van der Waals surface area (Å²) in [6.07, 6.45) is 2.35. The highest BCUT2D eigenvalue weighted by molar-refractivity contribution is 7.91. The summed E-state index contributed by atoms with van der Waals surface area (Å²) in [5.74, 6) is -0.412. The first-order chi connectivity index (χ1) is 14.7. The Hall–Kier alpha value is -2.38. The average Bonchev–Trinajstić information content (AvgIpc) is 3.50. The average molecular weight is 461 g/mol. The number of hydrogen-bond donors (Lipinski definition) is 1. The number of amides is 2. The molecule has 1 fully saturated rings. The van der Waals surface area contributed by atoms with Gasteiger partial charge in [-0.3, -0.25) is 9.59 Å². The quantitative estimate of drug-likeness (QED) is 0.702. The summed E-state index contributed by atoms with van der Waals surface area (Å²) in [6, 6.07) is 10.0. The largest absolute Gasteiger partial charge is 0.326 e. The van der Waals surface area contributed by atoms with Gasteiger partial charge in [-0.2, -0.15) is 0 Å². The van der Waals surface area contributed by atoms with Gasteiger partial charge in [-0.05, 0) is 80.6 Å². The normalized spacial score (nSPS) is 18.0. The van der Waals surface area contributed by atoms with Crippen molar-refractivity contribution in [2.24, 2.45) is 5.92 Å². The molecule has 2 aromatic carbocycles. The van der Waals surface area contributed by atoms with Crippen LogP contribution in [-0.2, 0) is 25.8 Å². The lowest BCUT2D eigenvalue weighted by Gasteiger charge is -2.22. The van der Waals surface area contributed by atoms with Gasteiger partial charge in [0.25, 0.3) is 0 Å². The van der Waals surface area contributed by atoms with E-state index in [4.69, 9.17) is 11.6 Å². The van der Waals surface area contributed by atoms with Gasteiger partial charge in [0.2, 0.25) is 11.8 Å². The maximum Gasteiger partial charge on any atom is 0.230 e. The van der Waals surface area contributed by atoms with Gasteiger partial charge in [0.05, 0.1) is 10.6 Å². The van der Waals surface area contributed by atoms with Crippen molar-refractivity contribution >= 4 is 44.6 Å². The molecule has 0 spiro atoms. The molecule has 8 heteroatoms. The van der Waals surface area contributed by atoms with Crippen LogP contribution in [0.25, 0.3) is 0 Å². The maximum absolute atomic E-state index is 12.8. The molecule has 1 N–H and O–H groups in total. The van der Waals surface area contributed by atoms with Crippen LogP contribution in [-0.4, -0.2) is 32.0 Å². The molecular weight excluding hydrogens is 436 g/mol. The van der Waals surface area contributed by atoms with E-state index in [9.17, 15) is 18.0 Å². The SMILES string of the molecule is Cc1cc(Cl)ccc1NC(=O)CCS(=O)(=O)c1ccc2c(c1)C[C@H](C)N2C(=O)C1CC1. The minimum atomic E-state index is -3.63. The van der Waals surface area contributed by atoms with Crippen LogP contribution in [0.5, 0.6) is 0 Å². The lowest BCUT2D eigenvalue weighted by Crippen LogP contribution is -2.36. The highest BCUT2D eigenvalue weighted by atomic mass is 35.5. The van der Waals surface area contributed by atoms with Crippen molar-refractivity contribution in [2.75, 3.05) is 16.0 Å². The van der Waals surface area contributed by atoms with Gasteiger partial charge in [0.15, 0.2) is 9.84 Å². The zero-order valence-corrected chi connectivity index (χ0v) is 19.1. The van der Waals surface area contributed by atoms with E-state index in [1.54, 1.807) is 36.4 Å². The van der Waals surface area contributed by atoms with Gasteiger partial charge in [-0.1, -0.05) is 11.6 Å². The van der Waals surface area contributed by atoms with Crippen molar-refractivity contribution in [2.45, 2.75) is 50.5 Å². The van der Waals surface area contributed by atoms with Gasteiger partial charge < -0.3 is 10.2 Å². The number of rotatable bonds is 6. The van der Waals surface area contributed by atoms with Gasteiger partial charge >= 0.3 is 0 Å². The second-order valence-electron chi connectivity index (χ2n) is 8.40. The topological polar surface area (TPSA) is 83.6 Å². The predicted molar refractivity (Wildman–Crippen MR) is 121 cm³/mol. The molecule has 1 heterocycles. The van der Waals surface area contributed by atoms with Crippen LogP contribution in [0.4, 0.5) is 11.4 Å². The van der Waals surface area contributed by atoms with Crippen LogP contribution >= 0.6 is 11.6 Å². The van der Waals surface area contributed by atoms with Crippen molar-refractivity contribution in [1.29, 1.82) is 0 Å². The van der Waals surface area contributed by atoms with E-state index < -0.39 is 9.84 Å². The zero-order valence-electron chi connectivity index (χ0n) is 17.5. The highest BCUT2D eigenvalue weighted by Crippen LogP contribution is 2.39. The van der Waals surface area contributed by atoms with Gasteiger partial charge in [0, 0.05) is 34.8 Å². The van der Waals surface area contributed by atoms with E-state index in [0.717, 1.165) is 29.7 Å². The van der Waals surface area contributed by atoms with E-state index in [-0.39, 0.29) is 40.8 Å². The minimum Gasteiger partial charge on any atom is -0.326 e. The molecule has 4 rings (SSSR count). The van der Waals surface area contributed by atoms with Crippen molar-refractivity contribution in [3.05, 3.63) is 52.5 Å². The highest BCUT2D eigenvalue weighted by Gasteiger charge is 2.39. The fourth-order valence-electron chi connectivity index (χ4n) is 3.99. The van der Waals surface area contributed by atoms with Crippen LogP contribution < -0.4 is 10.2 Å². The molecule has 1 saturated carbocycles. The molecular formula is C23H25ClN2O4S. The number of nitrogens with zero attached hydrogens (tertiary/aromatic N) is 1. The monoisotopic (exact) mass is 460 g/mol. The molecule has 0 saturated heterocycles. The van der Waals surface area contributed by atoms with Gasteiger partial charge in [-0.15, -0.1) is 0 Å². The molecule has 2 aromatic rings. The summed E-state index contributed by atoms with van der Waals surface area (Å²) in [7, 11) is -3.63. The summed E-state index contributed by atoms with van der Waals surface area (Å²) in [6.45, 7) is 3.80. The fraction of sp³-hybridized carbons (Fsp3) is 0.391. The van der Waals surface area contributed by atoms with E-state index in [1.165, 1.54) is 0 Å². The van der Waals surface area contributed by atoms with Crippen molar-refractivity contribution in [3.63, 3.8) is 0 Å². The maximum atomic E-state index is 12.8. The molecule has 0 aromatic heterocycles. The zero-order chi connectivity index (χ0) is 22.3. The predicted octanol–water partition coefficient (Wildman–Crippen LogP) is 4.14. The second-order valence-corrected chi connectivity index (χ2v) is 10.9. The van der Waals surface area contributed by atoms with E-state index >= 15 is 0 Å². The van der Waals surface area contributed by atoms with E-state index in [2.05, 4.69) is 5.32 Å². The number of anilines is 2. The number of fused-ring (bicyclic) bond motifs is 1. The minimum absolute atomic E-state index is 0.0226.